The average Bonchev–Trinajstić information content (AvgIpc) is 2.85. The summed E-state index contributed by atoms with van der Waals surface area (Å²) in [5, 5.41) is 0. The molecular weight excluding hydrogens is 273 g/mol. The van der Waals surface area contributed by atoms with Crippen molar-refractivity contribution in [3.8, 4) is 0 Å². The number of hydrogen-bond acceptors (Lipinski definition) is 3. The molecule has 1 aliphatic heterocycles. The molecule has 0 radical (unpaired) electrons. The number of rotatable bonds is 3. The van der Waals surface area contributed by atoms with Gasteiger partial charge in [-0.15, -0.1) is 0 Å². The Kier molecular flexibility index (Phi) is 3.23. The molecule has 22 heavy (non-hydrogen) atoms. The van der Waals surface area contributed by atoms with Crippen molar-refractivity contribution in [1.82, 2.24) is 0 Å². The maximum absolute atomic E-state index is 6.43. The van der Waals surface area contributed by atoms with Gasteiger partial charge in [-0.3, -0.25) is 0 Å². The van der Waals surface area contributed by atoms with Crippen molar-refractivity contribution >= 4 is 7.12 Å². The maximum Gasteiger partial charge on any atom is 0.475 e. The lowest BCUT2D eigenvalue weighted by molar-refractivity contribution is -0.199. The van der Waals surface area contributed by atoms with E-state index in [1.54, 1.807) is 0 Å². The Bertz CT molecular complexity index is 563. The van der Waals surface area contributed by atoms with Crippen LogP contribution >= 0.6 is 0 Å². The summed E-state index contributed by atoms with van der Waals surface area (Å²) in [7, 11) is -0.273. The number of nitrogens with two attached hydrogens (primary N) is 1. The predicted molar refractivity (Wildman–Crippen MR) is 88.2 cm³/mol. The smallest absolute Gasteiger partial charge is 0.404 e. The third-order valence-electron chi connectivity index (χ3n) is 6.63. The molecule has 1 aromatic rings. The molecule has 3 nitrogen and oxygen atoms in total. The molecule has 4 aliphatic rings. The van der Waals surface area contributed by atoms with E-state index in [2.05, 4.69) is 45.0 Å². The lowest BCUT2D eigenvalue weighted by Gasteiger charge is -2.64. The molecule has 5 atom stereocenters. The van der Waals surface area contributed by atoms with Gasteiger partial charge in [0.25, 0.3) is 0 Å². The Hall–Kier alpha value is -0.835. The Morgan fingerprint density at radius 2 is 1.95 bits per heavy atom. The molecule has 118 valence electrons. The summed E-state index contributed by atoms with van der Waals surface area (Å²) in [5.41, 5.74) is 7.87. The van der Waals surface area contributed by atoms with Crippen LogP contribution in [0.1, 0.15) is 39.2 Å². The second-order valence-electron chi connectivity index (χ2n) is 8.19. The summed E-state index contributed by atoms with van der Waals surface area (Å²) in [4.78, 5) is 0. The van der Waals surface area contributed by atoms with Crippen LogP contribution in [0.2, 0.25) is 0 Å². The van der Waals surface area contributed by atoms with Crippen molar-refractivity contribution in [2.75, 3.05) is 0 Å². The third-order valence-corrected chi connectivity index (χ3v) is 6.63. The molecule has 0 spiro atoms. The highest BCUT2D eigenvalue weighted by molar-refractivity contribution is 6.47. The van der Waals surface area contributed by atoms with Gasteiger partial charge < -0.3 is 15.0 Å². The summed E-state index contributed by atoms with van der Waals surface area (Å²) in [5.74, 6) is 1.27. The van der Waals surface area contributed by atoms with Crippen LogP contribution in [0.5, 0.6) is 0 Å². The molecule has 2 N–H and O–H groups in total. The summed E-state index contributed by atoms with van der Waals surface area (Å²) in [6, 6.07) is 10.4. The van der Waals surface area contributed by atoms with Gasteiger partial charge >= 0.3 is 7.12 Å². The molecule has 4 fully saturated rings. The lowest BCUT2D eigenvalue weighted by Crippen LogP contribution is -2.65. The fourth-order valence-electron chi connectivity index (χ4n) is 5.06. The van der Waals surface area contributed by atoms with E-state index in [-0.39, 0.29) is 24.8 Å². The summed E-state index contributed by atoms with van der Waals surface area (Å²) in [6.45, 7) is 7.01. The van der Waals surface area contributed by atoms with E-state index in [1.807, 2.05) is 6.07 Å². The van der Waals surface area contributed by atoms with Crippen LogP contribution < -0.4 is 5.73 Å². The Morgan fingerprint density at radius 1 is 1.23 bits per heavy atom. The molecule has 3 aliphatic carbocycles. The Morgan fingerprint density at radius 3 is 2.64 bits per heavy atom. The van der Waals surface area contributed by atoms with Gasteiger partial charge in [-0.05, 0) is 49.0 Å². The van der Waals surface area contributed by atoms with E-state index >= 15 is 0 Å². The first-order chi connectivity index (χ1) is 10.4. The minimum absolute atomic E-state index is 0.106. The highest BCUT2D eigenvalue weighted by Gasteiger charge is 2.68. The highest BCUT2D eigenvalue weighted by Crippen LogP contribution is 2.65. The fourth-order valence-corrected chi connectivity index (χ4v) is 5.06. The first-order valence-corrected chi connectivity index (χ1v) is 8.54. The van der Waals surface area contributed by atoms with Crippen molar-refractivity contribution in [2.24, 2.45) is 23.0 Å². The SMILES string of the molecule is CC1(C)C2C[C@H]3OB([C@@H](N)Cc4ccccc4)O[C@@]3(C)[C@H]1C2. The van der Waals surface area contributed by atoms with E-state index in [1.165, 1.54) is 12.0 Å². The quantitative estimate of drug-likeness (QED) is 0.873. The minimum Gasteiger partial charge on any atom is -0.404 e. The first kappa shape index (κ1) is 14.7. The van der Waals surface area contributed by atoms with Gasteiger partial charge in [0.1, 0.15) is 0 Å². The van der Waals surface area contributed by atoms with Crippen LogP contribution in [-0.4, -0.2) is 24.8 Å². The van der Waals surface area contributed by atoms with Crippen molar-refractivity contribution in [3.63, 3.8) is 0 Å². The van der Waals surface area contributed by atoms with Crippen LogP contribution in [0.4, 0.5) is 0 Å². The van der Waals surface area contributed by atoms with Crippen LogP contribution in [0.15, 0.2) is 30.3 Å². The van der Waals surface area contributed by atoms with Gasteiger partial charge in [-0.2, -0.15) is 0 Å². The second kappa shape index (κ2) is 4.83. The average molecular weight is 299 g/mol. The van der Waals surface area contributed by atoms with Crippen LogP contribution in [0.3, 0.4) is 0 Å². The molecule has 2 bridgehead atoms. The number of hydrogen-bond donors (Lipinski definition) is 1. The minimum atomic E-state index is -0.273. The normalized spacial score (nSPS) is 40.0. The van der Waals surface area contributed by atoms with E-state index in [0.717, 1.165) is 18.8 Å². The summed E-state index contributed by atoms with van der Waals surface area (Å²) in [6.07, 6.45) is 3.42. The van der Waals surface area contributed by atoms with Crippen LogP contribution in [0.25, 0.3) is 0 Å². The van der Waals surface area contributed by atoms with Gasteiger partial charge in [0.2, 0.25) is 0 Å². The molecule has 1 heterocycles. The molecular formula is C18H26BNO2. The van der Waals surface area contributed by atoms with Crippen LogP contribution in [-0.2, 0) is 15.7 Å². The highest BCUT2D eigenvalue weighted by atomic mass is 16.7. The fraction of sp³-hybridized carbons (Fsp3) is 0.667. The zero-order chi connectivity index (χ0) is 15.5. The topological polar surface area (TPSA) is 44.5 Å². The second-order valence-corrected chi connectivity index (χ2v) is 8.19. The van der Waals surface area contributed by atoms with Gasteiger partial charge in [0.15, 0.2) is 0 Å². The largest absolute Gasteiger partial charge is 0.475 e. The van der Waals surface area contributed by atoms with E-state index < -0.39 is 0 Å². The van der Waals surface area contributed by atoms with Gasteiger partial charge in [0, 0.05) is 5.94 Å². The van der Waals surface area contributed by atoms with E-state index in [9.17, 15) is 0 Å². The van der Waals surface area contributed by atoms with Gasteiger partial charge in [0.05, 0.1) is 11.7 Å². The maximum atomic E-state index is 6.43. The first-order valence-electron chi connectivity index (χ1n) is 8.54. The van der Waals surface area contributed by atoms with Crippen molar-refractivity contribution < 1.29 is 9.31 Å². The standard InChI is InChI=1S/C18H26BNO2/c1-17(2)13-10-14(17)18(3)15(11-13)21-19(22-18)16(20)9-12-7-5-4-6-8-12/h4-8,13-16H,9-11,20H2,1-3H3/t13?,14-,15+,16-,18-/m0/s1. The van der Waals surface area contributed by atoms with Gasteiger partial charge in [-0.25, -0.2) is 0 Å². The van der Waals surface area contributed by atoms with E-state index in [4.69, 9.17) is 15.0 Å². The Balaban J connectivity index is 1.48. The molecule has 5 rings (SSSR count). The number of benzene rings is 1. The molecule has 1 aromatic carbocycles. The molecule has 0 amide bonds. The zero-order valence-electron chi connectivity index (χ0n) is 13.8. The van der Waals surface area contributed by atoms with E-state index in [0.29, 0.717) is 11.3 Å². The molecule has 1 unspecified atom stereocenters. The molecule has 3 saturated carbocycles. The molecule has 1 saturated heterocycles. The van der Waals surface area contributed by atoms with Crippen LogP contribution in [0, 0.1) is 17.3 Å². The van der Waals surface area contributed by atoms with Gasteiger partial charge in [-0.1, -0.05) is 44.2 Å². The zero-order valence-corrected chi connectivity index (χ0v) is 13.8. The summed E-state index contributed by atoms with van der Waals surface area (Å²) >= 11 is 0. The van der Waals surface area contributed by atoms with Crippen molar-refractivity contribution in [1.29, 1.82) is 0 Å². The monoisotopic (exact) mass is 299 g/mol. The van der Waals surface area contributed by atoms with Crippen molar-refractivity contribution in [3.05, 3.63) is 35.9 Å². The third kappa shape index (κ3) is 2.00. The van der Waals surface area contributed by atoms with Crippen molar-refractivity contribution in [2.45, 2.75) is 57.7 Å². The predicted octanol–water partition coefficient (Wildman–Crippen LogP) is 2.82. The Labute approximate surface area is 133 Å². The molecule has 0 aromatic heterocycles. The lowest BCUT2D eigenvalue weighted by atomic mass is 9.43. The molecule has 4 heteroatoms. The summed E-state index contributed by atoms with van der Waals surface area (Å²) < 4.78 is 12.7.